The Morgan fingerprint density at radius 1 is 1.36 bits per heavy atom. The number of nitrogens with zero attached hydrogens (tertiary/aromatic N) is 1. The molecule has 22 heavy (non-hydrogen) atoms. The van der Waals surface area contributed by atoms with Crippen LogP contribution >= 0.6 is 11.3 Å². The van der Waals surface area contributed by atoms with Crippen molar-refractivity contribution in [2.24, 2.45) is 11.1 Å². The number of thiophene rings is 1. The summed E-state index contributed by atoms with van der Waals surface area (Å²) >= 11 is 1.01. The maximum Gasteiger partial charge on any atom is 0.254 e. The molecule has 0 radical (unpaired) electrons. The first-order chi connectivity index (χ1) is 10.4. The fourth-order valence-corrected chi connectivity index (χ4v) is 4.57. The molecule has 0 aromatic carbocycles. The fraction of sp³-hybridized carbons (Fsp3) is 0.667. The molecule has 1 aliphatic carbocycles. The molecule has 1 aliphatic rings. The van der Waals surface area contributed by atoms with Gasteiger partial charge in [0.25, 0.3) is 5.91 Å². The van der Waals surface area contributed by atoms with E-state index in [9.17, 15) is 13.2 Å². The Labute approximate surface area is 136 Å². The summed E-state index contributed by atoms with van der Waals surface area (Å²) in [6.45, 7) is 3.52. The van der Waals surface area contributed by atoms with Crippen LogP contribution in [0.2, 0.25) is 0 Å². The van der Waals surface area contributed by atoms with E-state index in [2.05, 4.69) is 0 Å². The van der Waals surface area contributed by atoms with E-state index in [0.717, 1.165) is 24.3 Å². The van der Waals surface area contributed by atoms with Crippen molar-refractivity contribution in [2.75, 3.05) is 13.1 Å². The van der Waals surface area contributed by atoms with Gasteiger partial charge in [0.1, 0.15) is 4.21 Å². The summed E-state index contributed by atoms with van der Waals surface area (Å²) in [4.78, 5) is 14.5. The second kappa shape index (κ2) is 7.57. The Balaban J connectivity index is 2.09. The zero-order chi connectivity index (χ0) is 16.2. The number of amides is 1. The highest BCUT2D eigenvalue weighted by atomic mass is 32.2. The topological polar surface area (TPSA) is 80.5 Å². The number of primary sulfonamides is 1. The summed E-state index contributed by atoms with van der Waals surface area (Å²) in [5.41, 5.74) is 0.429. The predicted molar refractivity (Wildman–Crippen MR) is 88.5 cm³/mol. The molecular weight excluding hydrogens is 320 g/mol. The third kappa shape index (κ3) is 4.54. The number of hydrogen-bond acceptors (Lipinski definition) is 4. The average molecular weight is 345 g/mol. The lowest BCUT2D eigenvalue weighted by Gasteiger charge is -2.29. The first-order valence-electron chi connectivity index (χ1n) is 7.82. The van der Waals surface area contributed by atoms with Crippen molar-refractivity contribution in [3.63, 3.8) is 0 Å². The molecular formula is C15H24N2O3S2. The van der Waals surface area contributed by atoms with E-state index >= 15 is 0 Å². The van der Waals surface area contributed by atoms with Crippen LogP contribution in [0.4, 0.5) is 0 Å². The van der Waals surface area contributed by atoms with Crippen molar-refractivity contribution >= 4 is 27.3 Å². The van der Waals surface area contributed by atoms with Crippen LogP contribution in [0.5, 0.6) is 0 Å². The molecule has 1 amide bonds. The monoisotopic (exact) mass is 344 g/mol. The number of rotatable bonds is 6. The third-order valence-electron chi connectivity index (χ3n) is 4.09. The first-order valence-corrected chi connectivity index (χ1v) is 10.2. The summed E-state index contributed by atoms with van der Waals surface area (Å²) in [5.74, 6) is 0.485. The van der Waals surface area contributed by atoms with Gasteiger partial charge in [0.2, 0.25) is 10.0 Å². The predicted octanol–water partition coefficient (Wildman–Crippen LogP) is 2.83. The minimum atomic E-state index is -3.73. The smallest absolute Gasteiger partial charge is 0.254 e. The summed E-state index contributed by atoms with van der Waals surface area (Å²) in [5, 5.41) is 6.70. The second-order valence-corrected chi connectivity index (χ2v) is 8.65. The number of nitrogens with two attached hydrogens (primary N) is 1. The fourth-order valence-electron chi connectivity index (χ4n) is 2.99. The van der Waals surface area contributed by atoms with Gasteiger partial charge in [-0.15, -0.1) is 11.3 Å². The minimum absolute atomic E-state index is 0.0463. The van der Waals surface area contributed by atoms with Gasteiger partial charge >= 0.3 is 0 Å². The van der Waals surface area contributed by atoms with Gasteiger partial charge < -0.3 is 4.90 Å². The zero-order valence-electron chi connectivity index (χ0n) is 13.0. The molecule has 7 heteroatoms. The number of sulfonamides is 1. The highest BCUT2D eigenvalue weighted by Crippen LogP contribution is 2.26. The SMILES string of the molecule is CCCN(CC1CCCCC1)C(=O)c1csc(S(N)(=O)=O)c1. The molecule has 0 aliphatic heterocycles. The quantitative estimate of drug-likeness (QED) is 0.861. The van der Waals surface area contributed by atoms with Gasteiger partial charge in [0.15, 0.2) is 0 Å². The van der Waals surface area contributed by atoms with Crippen LogP contribution in [0.25, 0.3) is 0 Å². The highest BCUT2D eigenvalue weighted by Gasteiger charge is 2.23. The Morgan fingerprint density at radius 3 is 2.59 bits per heavy atom. The van der Waals surface area contributed by atoms with Crippen molar-refractivity contribution in [3.05, 3.63) is 17.0 Å². The summed E-state index contributed by atoms with van der Waals surface area (Å²) in [7, 11) is -3.73. The van der Waals surface area contributed by atoms with Crippen LogP contribution in [0.1, 0.15) is 55.8 Å². The molecule has 0 saturated heterocycles. The van der Waals surface area contributed by atoms with Crippen molar-refractivity contribution in [3.8, 4) is 0 Å². The van der Waals surface area contributed by atoms with Crippen LogP contribution in [-0.4, -0.2) is 32.3 Å². The molecule has 0 atom stereocenters. The van der Waals surface area contributed by atoms with E-state index in [-0.39, 0.29) is 10.1 Å². The molecule has 1 heterocycles. The normalized spacial score (nSPS) is 16.6. The van der Waals surface area contributed by atoms with Crippen molar-refractivity contribution in [2.45, 2.75) is 49.7 Å². The van der Waals surface area contributed by atoms with Gasteiger partial charge in [-0.2, -0.15) is 0 Å². The zero-order valence-corrected chi connectivity index (χ0v) is 14.6. The number of carbonyl (C=O) groups excluding carboxylic acids is 1. The van der Waals surface area contributed by atoms with Crippen LogP contribution < -0.4 is 5.14 Å². The average Bonchev–Trinajstić information content (AvgIpc) is 2.97. The van der Waals surface area contributed by atoms with E-state index in [1.165, 1.54) is 38.2 Å². The van der Waals surface area contributed by atoms with Gasteiger partial charge in [-0.05, 0) is 31.2 Å². The molecule has 5 nitrogen and oxygen atoms in total. The minimum Gasteiger partial charge on any atom is -0.338 e. The Bertz CT molecular complexity index is 604. The lowest BCUT2D eigenvalue weighted by Crippen LogP contribution is -2.36. The lowest BCUT2D eigenvalue weighted by atomic mass is 9.89. The molecule has 2 N–H and O–H groups in total. The van der Waals surface area contributed by atoms with Crippen LogP contribution in [0, 0.1) is 5.92 Å². The van der Waals surface area contributed by atoms with Gasteiger partial charge in [0.05, 0.1) is 5.56 Å². The van der Waals surface area contributed by atoms with E-state index in [1.54, 1.807) is 5.38 Å². The summed E-state index contributed by atoms with van der Waals surface area (Å²) < 4.78 is 22.7. The largest absolute Gasteiger partial charge is 0.338 e. The van der Waals surface area contributed by atoms with E-state index < -0.39 is 10.0 Å². The molecule has 0 spiro atoms. The highest BCUT2D eigenvalue weighted by molar-refractivity contribution is 7.91. The third-order valence-corrected chi connectivity index (χ3v) is 6.47. The van der Waals surface area contributed by atoms with Gasteiger partial charge in [-0.1, -0.05) is 26.2 Å². The Kier molecular flexibility index (Phi) is 6.00. The molecule has 0 unspecified atom stereocenters. The van der Waals surface area contributed by atoms with Crippen LogP contribution in [-0.2, 0) is 10.0 Å². The Morgan fingerprint density at radius 2 is 2.05 bits per heavy atom. The van der Waals surface area contributed by atoms with Crippen LogP contribution in [0.3, 0.4) is 0 Å². The Hall–Kier alpha value is -0.920. The van der Waals surface area contributed by atoms with Crippen LogP contribution in [0.15, 0.2) is 15.7 Å². The van der Waals surface area contributed by atoms with Crippen molar-refractivity contribution < 1.29 is 13.2 Å². The molecule has 2 rings (SSSR count). The molecule has 1 aromatic heterocycles. The molecule has 0 bridgehead atoms. The van der Waals surface area contributed by atoms with Gasteiger partial charge in [-0.25, -0.2) is 13.6 Å². The first kappa shape index (κ1) is 17.4. The maximum absolute atomic E-state index is 12.6. The van der Waals surface area contributed by atoms with E-state index in [1.807, 2.05) is 11.8 Å². The molecule has 1 fully saturated rings. The van der Waals surface area contributed by atoms with Crippen molar-refractivity contribution in [1.29, 1.82) is 0 Å². The van der Waals surface area contributed by atoms with Gasteiger partial charge in [-0.3, -0.25) is 4.79 Å². The molecule has 124 valence electrons. The lowest BCUT2D eigenvalue weighted by molar-refractivity contribution is 0.0714. The summed E-state index contributed by atoms with van der Waals surface area (Å²) in [6.07, 6.45) is 7.03. The van der Waals surface area contributed by atoms with E-state index in [4.69, 9.17) is 5.14 Å². The molecule has 1 saturated carbocycles. The number of carbonyl (C=O) groups is 1. The van der Waals surface area contributed by atoms with Crippen molar-refractivity contribution in [1.82, 2.24) is 4.90 Å². The standard InChI is InChI=1S/C15H24N2O3S2/c1-2-8-17(10-12-6-4-3-5-7-12)15(18)13-9-14(21-11-13)22(16,19)20/h9,11-12H,2-8,10H2,1H3,(H2,16,19,20). The molecule has 1 aromatic rings. The van der Waals surface area contributed by atoms with Gasteiger partial charge in [0, 0.05) is 18.5 Å². The maximum atomic E-state index is 12.6. The second-order valence-electron chi connectivity index (χ2n) is 5.95. The summed E-state index contributed by atoms with van der Waals surface area (Å²) in [6, 6.07) is 1.39. The number of hydrogen-bond donors (Lipinski definition) is 1. The van der Waals surface area contributed by atoms with E-state index in [0.29, 0.717) is 18.0 Å².